The number of benzene rings is 1. The van der Waals surface area contributed by atoms with Gasteiger partial charge >= 0.3 is 5.97 Å². The quantitative estimate of drug-likeness (QED) is 0.391. The Labute approximate surface area is 111 Å². The number of aromatic nitrogens is 1. The standard InChI is InChI=1S/C12H10F3N3O2/c1-2-20-12(19)5-4-17-7-3-6(13)9(14)10(15)8(7)11(5)18-16/h3-4H,2,16H2,1H3,(H,17,18). The molecule has 2 rings (SSSR count). The maximum Gasteiger partial charge on any atom is 0.341 e. The number of halogens is 3. The molecule has 0 aliphatic heterocycles. The fourth-order valence-electron chi connectivity index (χ4n) is 1.77. The summed E-state index contributed by atoms with van der Waals surface area (Å²) in [5.74, 6) is -0.0971. The first-order chi connectivity index (χ1) is 9.51. The van der Waals surface area contributed by atoms with Gasteiger partial charge in [-0.05, 0) is 6.92 Å². The van der Waals surface area contributed by atoms with Crippen molar-refractivity contribution in [2.75, 3.05) is 12.0 Å². The van der Waals surface area contributed by atoms with Crippen LogP contribution in [-0.2, 0) is 4.74 Å². The van der Waals surface area contributed by atoms with Crippen LogP contribution in [0.15, 0.2) is 12.3 Å². The molecule has 2 aromatic rings. The molecule has 0 saturated heterocycles. The minimum atomic E-state index is -1.67. The number of ether oxygens (including phenoxy) is 1. The monoisotopic (exact) mass is 285 g/mol. The van der Waals surface area contributed by atoms with Crippen LogP contribution in [0, 0.1) is 17.5 Å². The topological polar surface area (TPSA) is 77.2 Å². The SMILES string of the molecule is CCOC(=O)c1cnc2cc(F)c(F)c(F)c2c1NN. The Hall–Kier alpha value is -2.35. The summed E-state index contributed by atoms with van der Waals surface area (Å²) < 4.78 is 45.0. The molecule has 0 radical (unpaired) electrons. The normalized spacial score (nSPS) is 10.7. The summed E-state index contributed by atoms with van der Waals surface area (Å²) in [4.78, 5) is 15.4. The summed E-state index contributed by atoms with van der Waals surface area (Å²) in [7, 11) is 0. The molecule has 0 fully saturated rings. The average molecular weight is 285 g/mol. The van der Waals surface area contributed by atoms with Crippen LogP contribution in [0.3, 0.4) is 0 Å². The molecule has 0 amide bonds. The number of hydrazine groups is 1. The molecule has 8 heteroatoms. The highest BCUT2D eigenvalue weighted by atomic mass is 19.2. The molecular weight excluding hydrogens is 275 g/mol. The molecule has 0 spiro atoms. The molecule has 1 aromatic heterocycles. The number of pyridine rings is 1. The molecule has 1 aromatic carbocycles. The van der Waals surface area contributed by atoms with Crippen LogP contribution in [0.5, 0.6) is 0 Å². The first-order valence-corrected chi connectivity index (χ1v) is 5.61. The van der Waals surface area contributed by atoms with Crippen molar-refractivity contribution in [3.63, 3.8) is 0 Å². The zero-order chi connectivity index (χ0) is 14.9. The van der Waals surface area contributed by atoms with Gasteiger partial charge in [0, 0.05) is 12.3 Å². The summed E-state index contributed by atoms with van der Waals surface area (Å²) in [6, 6.07) is 0.712. The van der Waals surface area contributed by atoms with Gasteiger partial charge in [0.15, 0.2) is 17.5 Å². The predicted molar refractivity (Wildman–Crippen MR) is 65.4 cm³/mol. The molecule has 5 nitrogen and oxygen atoms in total. The van der Waals surface area contributed by atoms with Crippen LogP contribution in [0.1, 0.15) is 17.3 Å². The van der Waals surface area contributed by atoms with E-state index in [1.54, 1.807) is 6.92 Å². The Morgan fingerprint density at radius 2 is 2.10 bits per heavy atom. The fraction of sp³-hybridized carbons (Fsp3) is 0.167. The summed E-state index contributed by atoms with van der Waals surface area (Å²) in [5, 5.41) is -0.419. The number of fused-ring (bicyclic) bond motifs is 1. The highest BCUT2D eigenvalue weighted by molar-refractivity contribution is 6.05. The van der Waals surface area contributed by atoms with E-state index in [9.17, 15) is 18.0 Å². The van der Waals surface area contributed by atoms with Gasteiger partial charge < -0.3 is 10.2 Å². The smallest absolute Gasteiger partial charge is 0.341 e. The Bertz CT molecular complexity index is 691. The van der Waals surface area contributed by atoms with Crippen LogP contribution < -0.4 is 11.3 Å². The summed E-state index contributed by atoms with van der Waals surface area (Å²) in [5.41, 5.74) is 1.53. The third-order valence-corrected chi connectivity index (χ3v) is 2.63. The van der Waals surface area contributed by atoms with Gasteiger partial charge in [-0.15, -0.1) is 0 Å². The molecule has 0 bridgehead atoms. The number of nitrogens with one attached hydrogen (secondary N) is 1. The molecular formula is C12H10F3N3O2. The van der Waals surface area contributed by atoms with E-state index in [2.05, 4.69) is 10.4 Å². The number of hydrogen-bond acceptors (Lipinski definition) is 5. The second-order valence-corrected chi connectivity index (χ2v) is 3.79. The third kappa shape index (κ3) is 2.14. The van der Waals surface area contributed by atoms with Gasteiger partial charge in [-0.25, -0.2) is 18.0 Å². The van der Waals surface area contributed by atoms with E-state index in [0.717, 1.165) is 6.20 Å². The van der Waals surface area contributed by atoms with E-state index in [1.807, 2.05) is 0 Å². The summed E-state index contributed by atoms with van der Waals surface area (Å²) in [6.45, 7) is 1.67. The maximum atomic E-state index is 13.8. The number of nitrogens with two attached hydrogens (primary N) is 1. The number of nitrogen functional groups attached to an aromatic ring is 1. The molecule has 106 valence electrons. The largest absolute Gasteiger partial charge is 0.462 e. The molecule has 0 saturated carbocycles. The molecule has 0 aliphatic carbocycles. The predicted octanol–water partition coefficient (Wildman–Crippen LogP) is 2.11. The van der Waals surface area contributed by atoms with Crippen LogP contribution in [0.25, 0.3) is 10.9 Å². The van der Waals surface area contributed by atoms with Crippen LogP contribution in [0.2, 0.25) is 0 Å². The van der Waals surface area contributed by atoms with Gasteiger partial charge in [0.1, 0.15) is 5.56 Å². The van der Waals surface area contributed by atoms with E-state index in [0.29, 0.717) is 6.07 Å². The minimum absolute atomic E-state index is 0.0845. The average Bonchev–Trinajstić information content (AvgIpc) is 2.43. The molecule has 3 N–H and O–H groups in total. The lowest BCUT2D eigenvalue weighted by Crippen LogP contribution is -2.15. The van der Waals surface area contributed by atoms with Gasteiger partial charge in [-0.1, -0.05) is 0 Å². The Kier molecular flexibility index (Phi) is 3.75. The van der Waals surface area contributed by atoms with Gasteiger partial charge in [0.05, 0.1) is 23.2 Å². The number of esters is 1. The van der Waals surface area contributed by atoms with Crippen LogP contribution in [-0.4, -0.2) is 17.6 Å². The van der Waals surface area contributed by atoms with Crippen molar-refractivity contribution in [3.05, 3.63) is 35.3 Å². The van der Waals surface area contributed by atoms with Crippen LogP contribution >= 0.6 is 0 Å². The van der Waals surface area contributed by atoms with Gasteiger partial charge in [-0.2, -0.15) is 0 Å². The second-order valence-electron chi connectivity index (χ2n) is 3.79. The van der Waals surface area contributed by atoms with Crippen molar-refractivity contribution < 1.29 is 22.7 Å². The van der Waals surface area contributed by atoms with Gasteiger partial charge in [-0.3, -0.25) is 10.8 Å². The van der Waals surface area contributed by atoms with Crippen molar-refractivity contribution in [2.24, 2.45) is 5.84 Å². The molecule has 20 heavy (non-hydrogen) atoms. The molecule has 0 unspecified atom stereocenters. The molecule has 0 aliphatic rings. The first-order valence-electron chi connectivity index (χ1n) is 5.61. The second kappa shape index (κ2) is 5.33. The third-order valence-electron chi connectivity index (χ3n) is 2.63. The number of carbonyl (C=O) groups is 1. The Morgan fingerprint density at radius 1 is 1.40 bits per heavy atom. The fourth-order valence-corrected chi connectivity index (χ4v) is 1.77. The Balaban J connectivity index is 2.79. The van der Waals surface area contributed by atoms with Gasteiger partial charge in [0.25, 0.3) is 0 Å². The lowest BCUT2D eigenvalue weighted by molar-refractivity contribution is 0.0527. The van der Waals surface area contributed by atoms with E-state index in [1.165, 1.54) is 0 Å². The number of rotatable bonds is 3. The zero-order valence-electron chi connectivity index (χ0n) is 10.3. The highest BCUT2D eigenvalue weighted by Crippen LogP contribution is 2.30. The van der Waals surface area contributed by atoms with Crippen molar-refractivity contribution in [1.29, 1.82) is 0 Å². The number of hydrogen-bond donors (Lipinski definition) is 2. The van der Waals surface area contributed by atoms with E-state index in [4.69, 9.17) is 10.6 Å². The van der Waals surface area contributed by atoms with Crippen LogP contribution in [0.4, 0.5) is 18.9 Å². The van der Waals surface area contributed by atoms with Crippen molar-refractivity contribution in [1.82, 2.24) is 4.98 Å². The van der Waals surface area contributed by atoms with Crippen molar-refractivity contribution in [3.8, 4) is 0 Å². The van der Waals surface area contributed by atoms with E-state index >= 15 is 0 Å². The first kappa shape index (κ1) is 14.1. The molecule has 1 heterocycles. The number of nitrogens with zero attached hydrogens (tertiary/aromatic N) is 1. The number of carbonyl (C=O) groups excluding carboxylic acids is 1. The van der Waals surface area contributed by atoms with E-state index in [-0.39, 0.29) is 23.4 Å². The van der Waals surface area contributed by atoms with E-state index < -0.39 is 28.8 Å². The summed E-state index contributed by atoms with van der Waals surface area (Å²) in [6.07, 6.45) is 1.05. The number of anilines is 1. The zero-order valence-corrected chi connectivity index (χ0v) is 10.3. The lowest BCUT2D eigenvalue weighted by Gasteiger charge is -2.12. The van der Waals surface area contributed by atoms with Crippen molar-refractivity contribution >= 4 is 22.6 Å². The summed E-state index contributed by atoms with van der Waals surface area (Å²) >= 11 is 0. The highest BCUT2D eigenvalue weighted by Gasteiger charge is 2.22. The maximum absolute atomic E-state index is 13.8. The van der Waals surface area contributed by atoms with Crippen molar-refractivity contribution in [2.45, 2.75) is 6.92 Å². The minimum Gasteiger partial charge on any atom is -0.462 e. The molecule has 0 atom stereocenters. The Morgan fingerprint density at radius 3 is 2.70 bits per heavy atom. The van der Waals surface area contributed by atoms with Gasteiger partial charge in [0.2, 0.25) is 0 Å². The lowest BCUT2D eigenvalue weighted by atomic mass is 10.1.